The van der Waals surface area contributed by atoms with Crippen molar-refractivity contribution in [1.82, 2.24) is 10.6 Å². The van der Waals surface area contributed by atoms with Gasteiger partial charge < -0.3 is 10.6 Å². The van der Waals surface area contributed by atoms with Crippen LogP contribution in [-0.4, -0.2) is 18.5 Å². The van der Waals surface area contributed by atoms with Crippen molar-refractivity contribution < 1.29 is 13.6 Å². The van der Waals surface area contributed by atoms with Crippen molar-refractivity contribution in [3.63, 3.8) is 0 Å². The first-order chi connectivity index (χ1) is 8.59. The monoisotopic (exact) mass is 254 g/mol. The molecule has 0 bridgehead atoms. The number of hydrogen-bond donors (Lipinski definition) is 2. The summed E-state index contributed by atoms with van der Waals surface area (Å²) >= 11 is 0. The van der Waals surface area contributed by atoms with Gasteiger partial charge in [-0.2, -0.15) is 0 Å². The molecule has 2 atom stereocenters. The lowest BCUT2D eigenvalue weighted by Gasteiger charge is -2.18. The molecule has 0 aromatic heterocycles. The lowest BCUT2D eigenvalue weighted by Crippen LogP contribution is -2.41. The Morgan fingerprint density at radius 2 is 2.28 bits per heavy atom. The Bertz CT molecular complexity index is 445. The number of rotatable bonds is 3. The topological polar surface area (TPSA) is 41.1 Å². The fourth-order valence-corrected chi connectivity index (χ4v) is 2.15. The molecule has 1 saturated heterocycles. The molecule has 1 aliphatic heterocycles. The lowest BCUT2D eigenvalue weighted by molar-refractivity contribution is -0.123. The predicted molar refractivity (Wildman–Crippen MR) is 63.9 cm³/mol. The Balaban J connectivity index is 2.04. The molecule has 1 amide bonds. The van der Waals surface area contributed by atoms with E-state index in [9.17, 15) is 13.6 Å². The Labute approximate surface area is 105 Å². The Kier molecular flexibility index (Phi) is 3.91. The van der Waals surface area contributed by atoms with Crippen LogP contribution in [0.5, 0.6) is 0 Å². The molecule has 18 heavy (non-hydrogen) atoms. The van der Waals surface area contributed by atoms with Crippen molar-refractivity contribution in [2.75, 3.05) is 6.54 Å². The third kappa shape index (κ3) is 2.67. The third-order valence-corrected chi connectivity index (χ3v) is 3.18. The van der Waals surface area contributed by atoms with Crippen LogP contribution in [0.3, 0.4) is 0 Å². The second-order valence-electron chi connectivity index (χ2n) is 4.52. The van der Waals surface area contributed by atoms with E-state index in [1.165, 1.54) is 12.1 Å². The van der Waals surface area contributed by atoms with Gasteiger partial charge in [0.2, 0.25) is 5.91 Å². The van der Waals surface area contributed by atoms with E-state index in [0.29, 0.717) is 0 Å². The minimum absolute atomic E-state index is 0.163. The highest BCUT2D eigenvalue weighted by Gasteiger charge is 2.24. The summed E-state index contributed by atoms with van der Waals surface area (Å²) in [4.78, 5) is 11.8. The highest BCUT2D eigenvalue weighted by molar-refractivity contribution is 5.82. The van der Waals surface area contributed by atoms with Crippen LogP contribution >= 0.6 is 0 Å². The summed E-state index contributed by atoms with van der Waals surface area (Å²) in [5, 5.41) is 5.76. The summed E-state index contributed by atoms with van der Waals surface area (Å²) in [6, 6.07) is 3.21. The molecule has 0 spiro atoms. The second-order valence-corrected chi connectivity index (χ2v) is 4.52. The van der Waals surface area contributed by atoms with Crippen LogP contribution in [0.4, 0.5) is 8.78 Å². The van der Waals surface area contributed by atoms with Gasteiger partial charge in [-0.15, -0.1) is 0 Å². The quantitative estimate of drug-likeness (QED) is 0.865. The zero-order valence-corrected chi connectivity index (χ0v) is 10.2. The van der Waals surface area contributed by atoms with E-state index in [1.807, 2.05) is 0 Å². The van der Waals surface area contributed by atoms with Crippen molar-refractivity contribution in [2.45, 2.75) is 31.8 Å². The molecule has 98 valence electrons. The zero-order valence-electron chi connectivity index (χ0n) is 10.2. The van der Waals surface area contributed by atoms with E-state index >= 15 is 0 Å². The van der Waals surface area contributed by atoms with Crippen molar-refractivity contribution in [2.24, 2.45) is 0 Å². The third-order valence-electron chi connectivity index (χ3n) is 3.18. The van der Waals surface area contributed by atoms with Crippen LogP contribution in [0.25, 0.3) is 0 Å². The molecule has 1 heterocycles. The smallest absolute Gasteiger partial charge is 0.237 e. The van der Waals surface area contributed by atoms with Crippen molar-refractivity contribution >= 4 is 5.91 Å². The average molecular weight is 254 g/mol. The van der Waals surface area contributed by atoms with Gasteiger partial charge in [-0.05, 0) is 32.4 Å². The molecule has 0 radical (unpaired) electrons. The van der Waals surface area contributed by atoms with Crippen molar-refractivity contribution in [3.05, 3.63) is 35.4 Å². The van der Waals surface area contributed by atoms with E-state index in [2.05, 4.69) is 10.6 Å². The van der Waals surface area contributed by atoms with Crippen LogP contribution in [0.15, 0.2) is 18.2 Å². The van der Waals surface area contributed by atoms with Crippen LogP contribution in [0.2, 0.25) is 0 Å². The van der Waals surface area contributed by atoms with E-state index in [4.69, 9.17) is 0 Å². The minimum Gasteiger partial charge on any atom is -0.348 e. The van der Waals surface area contributed by atoms with Gasteiger partial charge in [0.05, 0.1) is 12.1 Å². The number of hydrogen-bond acceptors (Lipinski definition) is 2. The van der Waals surface area contributed by atoms with Gasteiger partial charge in [-0.25, -0.2) is 8.78 Å². The summed E-state index contributed by atoms with van der Waals surface area (Å²) in [7, 11) is 0. The van der Waals surface area contributed by atoms with Crippen molar-refractivity contribution in [3.8, 4) is 0 Å². The Hall–Kier alpha value is -1.49. The fraction of sp³-hybridized carbons (Fsp3) is 0.462. The lowest BCUT2D eigenvalue weighted by atomic mass is 10.1. The molecular weight excluding hydrogens is 238 g/mol. The average Bonchev–Trinajstić information content (AvgIpc) is 2.86. The van der Waals surface area contributed by atoms with Crippen LogP contribution < -0.4 is 10.6 Å². The Morgan fingerprint density at radius 3 is 2.94 bits per heavy atom. The maximum Gasteiger partial charge on any atom is 0.237 e. The first kappa shape index (κ1) is 13.0. The molecule has 3 nitrogen and oxygen atoms in total. The molecule has 0 aliphatic carbocycles. The van der Waals surface area contributed by atoms with Crippen LogP contribution in [0, 0.1) is 11.6 Å². The van der Waals surface area contributed by atoms with Gasteiger partial charge in [-0.3, -0.25) is 4.79 Å². The second kappa shape index (κ2) is 5.44. The number of amides is 1. The zero-order chi connectivity index (χ0) is 13.1. The van der Waals surface area contributed by atoms with E-state index in [-0.39, 0.29) is 17.5 Å². The molecule has 1 aliphatic rings. The largest absolute Gasteiger partial charge is 0.348 e. The first-order valence-corrected chi connectivity index (χ1v) is 6.07. The maximum absolute atomic E-state index is 13.5. The summed E-state index contributed by atoms with van der Waals surface area (Å²) in [5.74, 6) is -1.96. The van der Waals surface area contributed by atoms with Crippen LogP contribution in [0.1, 0.15) is 31.4 Å². The summed E-state index contributed by atoms with van der Waals surface area (Å²) in [6.45, 7) is 2.46. The molecule has 1 aromatic carbocycles. The van der Waals surface area contributed by atoms with Gasteiger partial charge in [0.1, 0.15) is 0 Å². The SMILES string of the molecule is C[C@@H](NC(=O)[C@H]1CCCN1)c1cccc(F)c1F. The standard InChI is InChI=1S/C13H16F2N2O/c1-8(9-4-2-5-10(14)12(9)15)17-13(18)11-6-3-7-16-11/h2,4-5,8,11,16H,3,6-7H2,1H3,(H,17,18)/t8-,11-/m1/s1. The van der Waals surface area contributed by atoms with Crippen LogP contribution in [-0.2, 0) is 4.79 Å². The van der Waals surface area contributed by atoms with Gasteiger partial charge in [0.25, 0.3) is 0 Å². The molecule has 5 heteroatoms. The minimum atomic E-state index is -0.898. The van der Waals surface area contributed by atoms with Gasteiger partial charge in [0.15, 0.2) is 11.6 Å². The Morgan fingerprint density at radius 1 is 1.50 bits per heavy atom. The van der Waals surface area contributed by atoms with Gasteiger partial charge >= 0.3 is 0 Å². The maximum atomic E-state index is 13.5. The van der Waals surface area contributed by atoms with Crippen molar-refractivity contribution in [1.29, 1.82) is 0 Å². The highest BCUT2D eigenvalue weighted by Crippen LogP contribution is 2.19. The molecule has 0 unspecified atom stereocenters. The molecule has 1 aromatic rings. The molecule has 2 N–H and O–H groups in total. The number of carbonyl (C=O) groups excluding carboxylic acids is 1. The predicted octanol–water partition coefficient (Wildman–Crippen LogP) is 1.89. The molecular formula is C13H16F2N2O. The van der Waals surface area contributed by atoms with E-state index < -0.39 is 17.7 Å². The normalized spacial score (nSPS) is 20.7. The number of benzene rings is 1. The van der Waals surface area contributed by atoms with Gasteiger partial charge in [0, 0.05) is 5.56 Å². The van der Waals surface area contributed by atoms with E-state index in [0.717, 1.165) is 25.5 Å². The number of halogens is 2. The number of nitrogens with one attached hydrogen (secondary N) is 2. The van der Waals surface area contributed by atoms with Gasteiger partial charge in [-0.1, -0.05) is 12.1 Å². The molecule has 1 fully saturated rings. The fourth-order valence-electron chi connectivity index (χ4n) is 2.15. The highest BCUT2D eigenvalue weighted by atomic mass is 19.2. The van der Waals surface area contributed by atoms with E-state index in [1.54, 1.807) is 6.92 Å². The summed E-state index contributed by atoms with van der Waals surface area (Å²) in [5.41, 5.74) is 0.168. The molecule has 2 rings (SSSR count). The summed E-state index contributed by atoms with van der Waals surface area (Å²) < 4.78 is 26.6. The first-order valence-electron chi connectivity index (χ1n) is 6.07. The summed E-state index contributed by atoms with van der Waals surface area (Å²) in [6.07, 6.45) is 1.74. The molecule has 0 saturated carbocycles. The number of carbonyl (C=O) groups is 1.